The van der Waals surface area contributed by atoms with Gasteiger partial charge in [-0.25, -0.2) is 0 Å². The van der Waals surface area contributed by atoms with Gasteiger partial charge in [0, 0.05) is 24.7 Å². The second kappa shape index (κ2) is 7.30. The first-order valence-corrected chi connectivity index (χ1v) is 8.13. The van der Waals surface area contributed by atoms with Crippen molar-refractivity contribution in [3.8, 4) is 0 Å². The summed E-state index contributed by atoms with van der Waals surface area (Å²) in [5.74, 6) is 0.388. The van der Waals surface area contributed by atoms with Crippen LogP contribution in [0.15, 0.2) is 78.4 Å². The smallest absolute Gasteiger partial charge is 0.0403 e. The summed E-state index contributed by atoms with van der Waals surface area (Å²) in [5, 5.41) is 3.52. The standard InChI is InChI=1S/C21H24N2/c1-23(2)16-17-12-13-18(14-17)21-11-7-6-8-19(21)15-22-20-9-4-3-5-10-20/h3-14,18,22H,15-16H2,1-2H3. The zero-order chi connectivity index (χ0) is 16.1. The fourth-order valence-electron chi connectivity index (χ4n) is 3.01. The summed E-state index contributed by atoms with van der Waals surface area (Å²) in [5.41, 5.74) is 5.30. The molecular weight excluding hydrogens is 280 g/mol. The van der Waals surface area contributed by atoms with Gasteiger partial charge in [-0.1, -0.05) is 60.7 Å². The van der Waals surface area contributed by atoms with Crippen LogP contribution in [0.1, 0.15) is 17.0 Å². The maximum absolute atomic E-state index is 3.52. The number of benzene rings is 2. The van der Waals surface area contributed by atoms with E-state index in [1.165, 1.54) is 16.7 Å². The van der Waals surface area contributed by atoms with E-state index >= 15 is 0 Å². The first-order chi connectivity index (χ1) is 11.2. The molecule has 0 radical (unpaired) electrons. The van der Waals surface area contributed by atoms with E-state index in [4.69, 9.17) is 0 Å². The van der Waals surface area contributed by atoms with Gasteiger partial charge < -0.3 is 10.2 Å². The van der Waals surface area contributed by atoms with Crippen molar-refractivity contribution in [2.24, 2.45) is 0 Å². The molecule has 1 N–H and O–H groups in total. The molecule has 0 saturated heterocycles. The van der Waals surface area contributed by atoms with E-state index in [9.17, 15) is 0 Å². The minimum atomic E-state index is 0.388. The molecule has 1 atom stereocenters. The molecule has 2 aromatic rings. The average molecular weight is 304 g/mol. The molecule has 1 unspecified atom stereocenters. The van der Waals surface area contributed by atoms with Gasteiger partial charge in [0.1, 0.15) is 0 Å². The molecular formula is C21H24N2. The summed E-state index contributed by atoms with van der Waals surface area (Å²) >= 11 is 0. The van der Waals surface area contributed by atoms with Crippen LogP contribution in [-0.4, -0.2) is 25.5 Å². The number of hydrogen-bond donors (Lipinski definition) is 1. The average Bonchev–Trinajstić information content (AvgIpc) is 3.02. The second-order valence-corrected chi connectivity index (χ2v) is 6.28. The molecule has 0 amide bonds. The highest BCUT2D eigenvalue weighted by molar-refractivity contribution is 5.47. The van der Waals surface area contributed by atoms with E-state index in [-0.39, 0.29) is 0 Å². The van der Waals surface area contributed by atoms with E-state index in [1.54, 1.807) is 0 Å². The second-order valence-electron chi connectivity index (χ2n) is 6.28. The molecule has 1 aliphatic rings. The van der Waals surface area contributed by atoms with E-state index in [0.717, 1.165) is 18.8 Å². The van der Waals surface area contributed by atoms with Crippen LogP contribution in [0.4, 0.5) is 5.69 Å². The highest BCUT2D eigenvalue weighted by Crippen LogP contribution is 2.29. The topological polar surface area (TPSA) is 15.3 Å². The third kappa shape index (κ3) is 4.11. The number of hydrogen-bond acceptors (Lipinski definition) is 2. The van der Waals surface area contributed by atoms with Gasteiger partial charge in [0.15, 0.2) is 0 Å². The monoisotopic (exact) mass is 304 g/mol. The summed E-state index contributed by atoms with van der Waals surface area (Å²) in [6.07, 6.45) is 6.94. The summed E-state index contributed by atoms with van der Waals surface area (Å²) in [6, 6.07) is 19.1. The molecule has 0 spiro atoms. The predicted octanol–water partition coefficient (Wildman–Crippen LogP) is 4.44. The molecule has 0 aliphatic heterocycles. The predicted molar refractivity (Wildman–Crippen MR) is 98.7 cm³/mol. The lowest BCUT2D eigenvalue weighted by Crippen LogP contribution is -2.13. The Bertz CT molecular complexity index is 699. The van der Waals surface area contributed by atoms with Crippen LogP contribution in [0.2, 0.25) is 0 Å². The molecule has 118 valence electrons. The molecule has 0 fully saturated rings. The Kier molecular flexibility index (Phi) is 4.94. The Balaban J connectivity index is 1.74. The van der Waals surface area contributed by atoms with Crippen molar-refractivity contribution in [2.75, 3.05) is 26.0 Å². The first kappa shape index (κ1) is 15.6. The molecule has 23 heavy (non-hydrogen) atoms. The molecule has 0 bridgehead atoms. The molecule has 3 rings (SSSR count). The quantitative estimate of drug-likeness (QED) is 0.848. The van der Waals surface area contributed by atoms with Gasteiger partial charge in [-0.2, -0.15) is 0 Å². The van der Waals surface area contributed by atoms with Crippen LogP contribution in [-0.2, 0) is 6.54 Å². The minimum absolute atomic E-state index is 0.388. The van der Waals surface area contributed by atoms with Crippen molar-refractivity contribution < 1.29 is 0 Å². The number of nitrogens with zero attached hydrogens (tertiary/aromatic N) is 1. The SMILES string of the molecule is CN(C)CC1=CC(c2ccccc2CNc2ccccc2)C=C1. The van der Waals surface area contributed by atoms with Crippen LogP contribution >= 0.6 is 0 Å². The maximum Gasteiger partial charge on any atom is 0.0403 e. The lowest BCUT2D eigenvalue weighted by molar-refractivity contribution is 0.449. The summed E-state index contributed by atoms with van der Waals surface area (Å²) < 4.78 is 0. The van der Waals surface area contributed by atoms with Gasteiger partial charge >= 0.3 is 0 Å². The number of rotatable bonds is 6. The van der Waals surface area contributed by atoms with E-state index in [2.05, 4.69) is 91.1 Å². The highest BCUT2D eigenvalue weighted by Gasteiger charge is 2.15. The molecule has 0 aromatic heterocycles. The Morgan fingerprint density at radius 1 is 0.957 bits per heavy atom. The molecule has 2 heteroatoms. The zero-order valence-electron chi connectivity index (χ0n) is 13.9. The van der Waals surface area contributed by atoms with Gasteiger partial charge in [0.05, 0.1) is 0 Å². The van der Waals surface area contributed by atoms with Gasteiger partial charge in [-0.05, 0) is 42.9 Å². The van der Waals surface area contributed by atoms with Crippen molar-refractivity contribution >= 4 is 5.69 Å². The fraction of sp³-hybridized carbons (Fsp3) is 0.238. The third-order valence-electron chi connectivity index (χ3n) is 4.08. The van der Waals surface area contributed by atoms with Crippen molar-refractivity contribution in [3.05, 3.63) is 89.5 Å². The van der Waals surface area contributed by atoms with Crippen molar-refractivity contribution in [3.63, 3.8) is 0 Å². The number of likely N-dealkylation sites (N-methyl/N-ethyl adjacent to an activating group) is 1. The normalized spacial score (nSPS) is 16.7. The first-order valence-electron chi connectivity index (χ1n) is 8.13. The van der Waals surface area contributed by atoms with E-state index < -0.39 is 0 Å². The largest absolute Gasteiger partial charge is 0.381 e. The van der Waals surface area contributed by atoms with E-state index in [1.807, 2.05) is 6.07 Å². The van der Waals surface area contributed by atoms with Crippen molar-refractivity contribution in [1.29, 1.82) is 0 Å². The molecule has 2 nitrogen and oxygen atoms in total. The summed E-state index contributed by atoms with van der Waals surface area (Å²) in [6.45, 7) is 1.85. The van der Waals surface area contributed by atoms with Crippen LogP contribution in [0, 0.1) is 0 Å². The number of para-hydroxylation sites is 1. The Hall–Kier alpha value is -2.32. The molecule has 0 saturated carbocycles. The number of anilines is 1. The van der Waals surface area contributed by atoms with Crippen LogP contribution in [0.3, 0.4) is 0 Å². The van der Waals surface area contributed by atoms with Crippen LogP contribution < -0.4 is 5.32 Å². The summed E-state index contributed by atoms with van der Waals surface area (Å²) in [4.78, 5) is 2.21. The Labute approximate surface area is 139 Å². The van der Waals surface area contributed by atoms with Gasteiger partial charge in [-0.15, -0.1) is 0 Å². The number of allylic oxidation sites excluding steroid dienone is 2. The number of nitrogens with one attached hydrogen (secondary N) is 1. The molecule has 1 aliphatic carbocycles. The lowest BCUT2D eigenvalue weighted by Gasteiger charge is -2.15. The lowest BCUT2D eigenvalue weighted by atomic mass is 9.95. The van der Waals surface area contributed by atoms with Crippen molar-refractivity contribution in [2.45, 2.75) is 12.5 Å². The molecule has 0 heterocycles. The summed E-state index contributed by atoms with van der Waals surface area (Å²) in [7, 11) is 4.22. The molecule has 2 aromatic carbocycles. The van der Waals surface area contributed by atoms with E-state index in [0.29, 0.717) is 5.92 Å². The Morgan fingerprint density at radius 2 is 1.70 bits per heavy atom. The van der Waals surface area contributed by atoms with Gasteiger partial charge in [0.25, 0.3) is 0 Å². The van der Waals surface area contributed by atoms with Crippen LogP contribution in [0.5, 0.6) is 0 Å². The van der Waals surface area contributed by atoms with Gasteiger partial charge in [0.2, 0.25) is 0 Å². The fourth-order valence-corrected chi connectivity index (χ4v) is 3.01. The maximum atomic E-state index is 3.52. The Morgan fingerprint density at radius 3 is 2.48 bits per heavy atom. The third-order valence-corrected chi connectivity index (χ3v) is 4.08. The van der Waals surface area contributed by atoms with Crippen LogP contribution in [0.25, 0.3) is 0 Å². The van der Waals surface area contributed by atoms with Crippen molar-refractivity contribution in [1.82, 2.24) is 4.90 Å². The highest BCUT2D eigenvalue weighted by atomic mass is 15.0. The zero-order valence-corrected chi connectivity index (χ0v) is 13.9. The van der Waals surface area contributed by atoms with Gasteiger partial charge in [-0.3, -0.25) is 0 Å². The minimum Gasteiger partial charge on any atom is -0.381 e.